The number of piperazine rings is 1. The number of thioether (sulfide) groups is 1. The van der Waals surface area contributed by atoms with Crippen molar-refractivity contribution in [2.45, 2.75) is 18.0 Å². The Morgan fingerprint density at radius 3 is 2.33 bits per heavy atom. The van der Waals surface area contributed by atoms with E-state index in [1.807, 2.05) is 18.2 Å². The third-order valence-corrected chi connectivity index (χ3v) is 6.91. The van der Waals surface area contributed by atoms with Crippen LogP contribution in [0, 0.1) is 0 Å². The van der Waals surface area contributed by atoms with Gasteiger partial charge in [-0.2, -0.15) is 13.2 Å². The molecule has 2 aliphatic rings. The molecule has 0 spiro atoms. The fourth-order valence-corrected chi connectivity index (χ4v) is 4.95. The zero-order valence-corrected chi connectivity index (χ0v) is 19.0. The van der Waals surface area contributed by atoms with Gasteiger partial charge in [0.1, 0.15) is 6.54 Å². The number of fused-ring (bicyclic) bond motifs is 1. The molecule has 0 bridgehead atoms. The number of anilines is 1. The maximum atomic E-state index is 13.3. The normalized spacial score (nSPS) is 18.5. The molecule has 5 nitrogen and oxygen atoms in total. The first-order valence-corrected chi connectivity index (χ1v) is 11.6. The van der Waals surface area contributed by atoms with Crippen molar-refractivity contribution in [3.05, 3.63) is 64.6 Å². The monoisotopic (exact) mass is 475 g/mol. The Labute approximate surface area is 194 Å². The van der Waals surface area contributed by atoms with Crippen LogP contribution in [0.3, 0.4) is 0 Å². The Kier molecular flexibility index (Phi) is 6.81. The number of halogens is 3. The Balaban J connectivity index is 1.56. The lowest BCUT2D eigenvalue weighted by atomic mass is 10.1. The molecule has 0 aliphatic carbocycles. The Bertz CT molecular complexity index is 1060. The van der Waals surface area contributed by atoms with Crippen LogP contribution in [0.4, 0.5) is 18.9 Å². The Morgan fingerprint density at radius 1 is 1.03 bits per heavy atom. The van der Waals surface area contributed by atoms with Crippen LogP contribution in [-0.4, -0.2) is 60.9 Å². The van der Waals surface area contributed by atoms with Gasteiger partial charge in [0, 0.05) is 31.1 Å². The molecule has 2 aromatic carbocycles. The fraction of sp³-hybridized carbons (Fsp3) is 0.333. The summed E-state index contributed by atoms with van der Waals surface area (Å²) in [7, 11) is 0. The molecule has 0 N–H and O–H groups in total. The molecular weight excluding hydrogens is 451 g/mol. The van der Waals surface area contributed by atoms with Gasteiger partial charge in [0.05, 0.1) is 16.2 Å². The SMILES string of the molecule is CCN1CCN(C(=O)CN2C(=O)/C(=C/c3ccc(C(F)(F)F)cc3)Sc3ccccc32)CC1. The predicted molar refractivity (Wildman–Crippen MR) is 123 cm³/mol. The molecule has 2 heterocycles. The summed E-state index contributed by atoms with van der Waals surface area (Å²) in [6.07, 6.45) is -2.85. The topological polar surface area (TPSA) is 43.9 Å². The van der Waals surface area contributed by atoms with E-state index in [1.54, 1.807) is 17.0 Å². The first-order valence-electron chi connectivity index (χ1n) is 10.7. The van der Waals surface area contributed by atoms with Crippen LogP contribution in [0.15, 0.2) is 58.3 Å². The molecule has 1 saturated heterocycles. The molecule has 174 valence electrons. The second-order valence-electron chi connectivity index (χ2n) is 7.90. The van der Waals surface area contributed by atoms with E-state index in [0.717, 1.165) is 36.7 Å². The molecule has 2 amide bonds. The van der Waals surface area contributed by atoms with Gasteiger partial charge in [-0.3, -0.25) is 14.5 Å². The minimum absolute atomic E-state index is 0.0765. The van der Waals surface area contributed by atoms with Gasteiger partial charge in [-0.25, -0.2) is 0 Å². The van der Waals surface area contributed by atoms with E-state index < -0.39 is 11.7 Å². The van der Waals surface area contributed by atoms with Crippen LogP contribution in [0.2, 0.25) is 0 Å². The zero-order valence-electron chi connectivity index (χ0n) is 18.1. The zero-order chi connectivity index (χ0) is 23.6. The molecule has 0 unspecified atom stereocenters. The quantitative estimate of drug-likeness (QED) is 0.617. The molecule has 1 fully saturated rings. The smallest absolute Gasteiger partial charge is 0.339 e. The number of hydrogen-bond donors (Lipinski definition) is 0. The summed E-state index contributed by atoms with van der Waals surface area (Å²) in [5, 5.41) is 0. The highest BCUT2D eigenvalue weighted by atomic mass is 32.2. The van der Waals surface area contributed by atoms with Crippen molar-refractivity contribution < 1.29 is 22.8 Å². The summed E-state index contributed by atoms with van der Waals surface area (Å²) < 4.78 is 38.6. The van der Waals surface area contributed by atoms with Crippen molar-refractivity contribution in [1.29, 1.82) is 0 Å². The molecule has 9 heteroatoms. The summed E-state index contributed by atoms with van der Waals surface area (Å²) in [6.45, 7) is 5.81. The standard InChI is InChI=1S/C24H24F3N3O2S/c1-2-28-11-13-29(14-12-28)22(31)16-30-19-5-3-4-6-20(19)33-21(23(30)32)15-17-7-9-18(10-8-17)24(25,26)27/h3-10,15H,2,11-14,16H2,1H3/b21-15-. The van der Waals surface area contributed by atoms with Crippen molar-refractivity contribution >= 4 is 35.3 Å². The highest BCUT2D eigenvalue weighted by Crippen LogP contribution is 2.42. The average Bonchev–Trinajstić information content (AvgIpc) is 2.81. The molecule has 33 heavy (non-hydrogen) atoms. The van der Waals surface area contributed by atoms with E-state index >= 15 is 0 Å². The summed E-state index contributed by atoms with van der Waals surface area (Å²) in [5.74, 6) is -0.450. The Morgan fingerprint density at radius 2 is 1.70 bits per heavy atom. The molecule has 0 saturated carbocycles. The highest BCUT2D eigenvalue weighted by Gasteiger charge is 2.33. The minimum atomic E-state index is -4.42. The van der Waals surface area contributed by atoms with E-state index in [1.165, 1.54) is 28.8 Å². The number of hydrogen-bond acceptors (Lipinski definition) is 4. The molecule has 0 atom stereocenters. The lowest BCUT2D eigenvalue weighted by molar-refractivity contribution is -0.137. The van der Waals surface area contributed by atoms with Crippen LogP contribution >= 0.6 is 11.8 Å². The highest BCUT2D eigenvalue weighted by molar-refractivity contribution is 8.04. The third-order valence-electron chi connectivity index (χ3n) is 5.83. The Hall–Kier alpha value is -2.78. The molecule has 0 radical (unpaired) electrons. The average molecular weight is 476 g/mol. The van der Waals surface area contributed by atoms with Crippen molar-refractivity contribution in [1.82, 2.24) is 9.80 Å². The van der Waals surface area contributed by atoms with Crippen molar-refractivity contribution in [3.63, 3.8) is 0 Å². The predicted octanol–water partition coefficient (Wildman–Crippen LogP) is 4.35. The number of para-hydroxylation sites is 1. The summed E-state index contributed by atoms with van der Waals surface area (Å²) >= 11 is 1.26. The fourth-order valence-electron chi connectivity index (χ4n) is 3.89. The van der Waals surface area contributed by atoms with Gasteiger partial charge in [0.15, 0.2) is 0 Å². The minimum Gasteiger partial charge on any atom is -0.339 e. The van der Waals surface area contributed by atoms with E-state index in [2.05, 4.69) is 11.8 Å². The van der Waals surface area contributed by atoms with Crippen molar-refractivity contribution in [3.8, 4) is 0 Å². The third kappa shape index (κ3) is 5.25. The molecular formula is C24H24F3N3O2S. The summed E-state index contributed by atoms with van der Waals surface area (Å²) in [5.41, 5.74) is 0.408. The van der Waals surface area contributed by atoms with Crippen LogP contribution in [0.25, 0.3) is 6.08 Å². The van der Waals surface area contributed by atoms with Gasteiger partial charge in [0.25, 0.3) is 5.91 Å². The molecule has 4 rings (SSSR count). The van der Waals surface area contributed by atoms with E-state index in [9.17, 15) is 22.8 Å². The number of rotatable bonds is 4. The number of alkyl halides is 3. The number of nitrogens with zero attached hydrogens (tertiary/aromatic N) is 3. The summed E-state index contributed by atoms with van der Waals surface area (Å²) in [4.78, 5) is 33.0. The van der Waals surface area contributed by atoms with E-state index in [4.69, 9.17) is 0 Å². The number of carbonyl (C=O) groups is 2. The van der Waals surface area contributed by atoms with Gasteiger partial charge < -0.3 is 9.80 Å². The summed E-state index contributed by atoms with van der Waals surface area (Å²) in [6, 6.07) is 12.0. The van der Waals surface area contributed by atoms with Crippen molar-refractivity contribution in [2.24, 2.45) is 0 Å². The molecule has 2 aromatic rings. The largest absolute Gasteiger partial charge is 0.416 e. The van der Waals surface area contributed by atoms with Crippen LogP contribution in [0.5, 0.6) is 0 Å². The van der Waals surface area contributed by atoms with Crippen molar-refractivity contribution in [2.75, 3.05) is 44.2 Å². The van der Waals surface area contributed by atoms with Crippen LogP contribution < -0.4 is 4.90 Å². The van der Waals surface area contributed by atoms with Crippen LogP contribution in [-0.2, 0) is 15.8 Å². The number of carbonyl (C=O) groups excluding carboxylic acids is 2. The van der Waals surface area contributed by atoms with Gasteiger partial charge in [-0.05, 0) is 42.4 Å². The first-order chi connectivity index (χ1) is 15.8. The lowest BCUT2D eigenvalue weighted by Gasteiger charge is -2.36. The molecule has 0 aromatic heterocycles. The van der Waals surface area contributed by atoms with Gasteiger partial charge in [0.2, 0.25) is 5.91 Å². The molecule has 2 aliphatic heterocycles. The second-order valence-corrected chi connectivity index (χ2v) is 8.99. The second kappa shape index (κ2) is 9.61. The number of amides is 2. The first kappa shape index (κ1) is 23.4. The van der Waals surface area contributed by atoms with E-state index in [-0.39, 0.29) is 18.4 Å². The van der Waals surface area contributed by atoms with Gasteiger partial charge in [-0.1, -0.05) is 43.0 Å². The van der Waals surface area contributed by atoms with Gasteiger partial charge >= 0.3 is 6.18 Å². The van der Waals surface area contributed by atoms with Crippen LogP contribution in [0.1, 0.15) is 18.1 Å². The van der Waals surface area contributed by atoms with Gasteiger partial charge in [-0.15, -0.1) is 0 Å². The number of benzene rings is 2. The maximum absolute atomic E-state index is 13.3. The number of likely N-dealkylation sites (N-methyl/N-ethyl adjacent to an activating group) is 1. The lowest BCUT2D eigenvalue weighted by Crippen LogP contribution is -2.52. The maximum Gasteiger partial charge on any atom is 0.416 e. The van der Waals surface area contributed by atoms with E-state index in [0.29, 0.717) is 29.2 Å².